The highest BCUT2D eigenvalue weighted by molar-refractivity contribution is 7.17. The van der Waals surface area contributed by atoms with Gasteiger partial charge in [-0.1, -0.05) is 30.3 Å². The molecule has 0 fully saturated rings. The highest BCUT2D eigenvalue weighted by Crippen LogP contribution is 2.27. The van der Waals surface area contributed by atoms with Crippen molar-refractivity contribution in [3.63, 3.8) is 0 Å². The van der Waals surface area contributed by atoms with E-state index in [0.717, 1.165) is 16.9 Å². The number of nitrogens with one attached hydrogen (secondary N) is 1. The molecule has 1 heterocycles. The van der Waals surface area contributed by atoms with E-state index >= 15 is 0 Å². The number of carboxylic acid groups (broad SMARTS) is 1. The summed E-state index contributed by atoms with van der Waals surface area (Å²) in [6, 6.07) is 7.53. The quantitative estimate of drug-likeness (QED) is 0.847. The molecule has 8 heteroatoms. The van der Waals surface area contributed by atoms with Gasteiger partial charge in [0.15, 0.2) is 0 Å². The van der Waals surface area contributed by atoms with Crippen LogP contribution in [-0.2, 0) is 4.79 Å². The minimum atomic E-state index is -2.82. The fourth-order valence-electron chi connectivity index (χ4n) is 1.93. The van der Waals surface area contributed by atoms with Crippen molar-refractivity contribution in [3.05, 3.63) is 40.9 Å². The number of halogens is 2. The summed E-state index contributed by atoms with van der Waals surface area (Å²) in [7, 11) is 0. The van der Waals surface area contributed by atoms with Crippen molar-refractivity contribution in [2.24, 2.45) is 0 Å². The third kappa shape index (κ3) is 4.32. The molecule has 122 valence electrons. The van der Waals surface area contributed by atoms with E-state index in [0.29, 0.717) is 10.7 Å². The van der Waals surface area contributed by atoms with Crippen LogP contribution in [0.25, 0.3) is 10.6 Å². The fourth-order valence-corrected chi connectivity index (χ4v) is 2.91. The van der Waals surface area contributed by atoms with Crippen molar-refractivity contribution in [1.82, 2.24) is 10.3 Å². The van der Waals surface area contributed by atoms with Gasteiger partial charge in [-0.3, -0.25) is 4.79 Å². The topological polar surface area (TPSA) is 79.3 Å². The number of thiazole rings is 1. The van der Waals surface area contributed by atoms with Crippen LogP contribution in [0.3, 0.4) is 0 Å². The lowest BCUT2D eigenvalue weighted by Crippen LogP contribution is -2.41. The Morgan fingerprint density at radius 1 is 1.30 bits per heavy atom. The van der Waals surface area contributed by atoms with Crippen LogP contribution in [0.5, 0.6) is 0 Å². The minimum absolute atomic E-state index is 0.212. The van der Waals surface area contributed by atoms with Crippen molar-refractivity contribution >= 4 is 23.2 Å². The molecule has 0 radical (unpaired) electrons. The van der Waals surface area contributed by atoms with E-state index in [1.54, 1.807) is 6.92 Å². The summed E-state index contributed by atoms with van der Waals surface area (Å²) in [5, 5.41) is 11.6. The molecule has 1 unspecified atom stereocenters. The molecule has 0 aliphatic heterocycles. The maximum absolute atomic E-state index is 12.4. The smallest absolute Gasteiger partial charge is 0.326 e. The molecular weight excluding hydrogens is 326 g/mol. The van der Waals surface area contributed by atoms with Crippen LogP contribution in [0.2, 0.25) is 0 Å². The number of hydrogen-bond acceptors (Lipinski definition) is 4. The molecule has 23 heavy (non-hydrogen) atoms. The standard InChI is InChI=1S/C15H14F2N2O3S/c1-8-12(13(20)19-10(15(21)22)7-11(16)17)23-14(18-8)9-5-3-2-4-6-9/h2-6,10-11H,7H2,1H3,(H,19,20)(H,21,22). The molecule has 0 aliphatic rings. The molecule has 0 aliphatic carbocycles. The number of aryl methyl sites for hydroxylation is 1. The zero-order valence-corrected chi connectivity index (χ0v) is 12.9. The summed E-state index contributed by atoms with van der Waals surface area (Å²) in [5.74, 6) is -2.21. The molecule has 1 amide bonds. The van der Waals surface area contributed by atoms with E-state index in [-0.39, 0.29) is 4.88 Å². The molecule has 2 aromatic rings. The zero-order chi connectivity index (χ0) is 17.0. The van der Waals surface area contributed by atoms with Crippen molar-refractivity contribution in [1.29, 1.82) is 0 Å². The first-order valence-electron chi connectivity index (χ1n) is 6.73. The molecule has 1 aromatic carbocycles. The van der Waals surface area contributed by atoms with Gasteiger partial charge in [-0.25, -0.2) is 18.6 Å². The summed E-state index contributed by atoms with van der Waals surface area (Å²) < 4.78 is 24.8. The van der Waals surface area contributed by atoms with Gasteiger partial charge in [0.25, 0.3) is 5.91 Å². The van der Waals surface area contributed by atoms with Crippen molar-refractivity contribution in [2.45, 2.75) is 25.8 Å². The number of carbonyl (C=O) groups is 2. The maximum atomic E-state index is 12.4. The molecule has 0 spiro atoms. The third-order valence-corrected chi connectivity index (χ3v) is 4.25. The highest BCUT2D eigenvalue weighted by Gasteiger charge is 2.26. The van der Waals surface area contributed by atoms with Crippen LogP contribution < -0.4 is 5.32 Å². The van der Waals surface area contributed by atoms with E-state index in [1.165, 1.54) is 0 Å². The molecule has 5 nitrogen and oxygen atoms in total. The van der Waals surface area contributed by atoms with Crippen molar-refractivity contribution in [3.8, 4) is 10.6 Å². The highest BCUT2D eigenvalue weighted by atomic mass is 32.1. The number of carbonyl (C=O) groups excluding carboxylic acids is 1. The number of alkyl halides is 2. The maximum Gasteiger partial charge on any atom is 0.326 e. The normalized spacial score (nSPS) is 12.2. The SMILES string of the molecule is Cc1nc(-c2ccccc2)sc1C(=O)NC(CC(F)F)C(=O)O. The third-order valence-electron chi connectivity index (χ3n) is 3.04. The molecule has 2 N–H and O–H groups in total. The number of amides is 1. The van der Waals surface area contributed by atoms with Crippen molar-refractivity contribution < 1.29 is 23.5 Å². The molecule has 0 saturated carbocycles. The lowest BCUT2D eigenvalue weighted by Gasteiger charge is -2.13. The fraction of sp³-hybridized carbons (Fsp3) is 0.267. The molecule has 1 aromatic heterocycles. The Bertz CT molecular complexity index is 704. The molecule has 2 rings (SSSR count). The predicted octanol–water partition coefficient (Wildman–Crippen LogP) is 2.96. The average Bonchev–Trinajstić information content (AvgIpc) is 2.89. The van der Waals surface area contributed by atoms with Gasteiger partial charge in [-0.2, -0.15) is 0 Å². The van der Waals surface area contributed by atoms with E-state index in [1.807, 2.05) is 30.3 Å². The van der Waals surface area contributed by atoms with Gasteiger partial charge in [-0.05, 0) is 6.92 Å². The van der Waals surface area contributed by atoms with Crippen LogP contribution in [0.15, 0.2) is 30.3 Å². The Morgan fingerprint density at radius 3 is 2.52 bits per heavy atom. The van der Waals surface area contributed by atoms with Gasteiger partial charge in [0.05, 0.1) is 5.69 Å². The summed E-state index contributed by atoms with van der Waals surface area (Å²) in [6.45, 7) is 1.61. The Morgan fingerprint density at radius 2 is 1.96 bits per heavy atom. The van der Waals surface area contributed by atoms with Crippen molar-refractivity contribution in [2.75, 3.05) is 0 Å². The van der Waals surface area contributed by atoms with E-state index in [9.17, 15) is 18.4 Å². The summed E-state index contributed by atoms with van der Waals surface area (Å²) >= 11 is 1.09. The first kappa shape index (κ1) is 17.0. The summed E-state index contributed by atoms with van der Waals surface area (Å²) in [5.41, 5.74) is 1.24. The van der Waals surface area contributed by atoms with Crippen LogP contribution >= 0.6 is 11.3 Å². The first-order chi connectivity index (χ1) is 10.9. The second-order valence-electron chi connectivity index (χ2n) is 4.79. The first-order valence-corrected chi connectivity index (χ1v) is 7.54. The number of aromatic nitrogens is 1. The number of carboxylic acids is 1. The van der Waals surface area contributed by atoms with Gasteiger partial charge < -0.3 is 10.4 Å². The average molecular weight is 340 g/mol. The van der Waals surface area contributed by atoms with Gasteiger partial charge in [-0.15, -0.1) is 11.3 Å². The summed E-state index contributed by atoms with van der Waals surface area (Å²) in [6.07, 6.45) is -3.76. The molecular formula is C15H14F2N2O3S. The van der Waals surface area contributed by atoms with Gasteiger partial charge in [0.2, 0.25) is 6.43 Å². The lowest BCUT2D eigenvalue weighted by atomic mass is 10.2. The van der Waals surface area contributed by atoms with Crippen LogP contribution in [0, 0.1) is 6.92 Å². The Hall–Kier alpha value is -2.35. The van der Waals surface area contributed by atoms with E-state index in [2.05, 4.69) is 10.3 Å². The molecule has 1 atom stereocenters. The van der Waals surface area contributed by atoms with Gasteiger partial charge in [0.1, 0.15) is 15.9 Å². The second-order valence-corrected chi connectivity index (χ2v) is 5.79. The monoisotopic (exact) mass is 340 g/mol. The minimum Gasteiger partial charge on any atom is -0.480 e. The number of aliphatic carboxylic acids is 1. The van der Waals surface area contributed by atoms with Crippen LogP contribution in [-0.4, -0.2) is 34.4 Å². The molecule has 0 bridgehead atoms. The van der Waals surface area contributed by atoms with E-state index < -0.39 is 30.8 Å². The second kappa shape index (κ2) is 7.28. The summed E-state index contributed by atoms with van der Waals surface area (Å²) in [4.78, 5) is 27.6. The number of rotatable bonds is 6. The van der Waals surface area contributed by atoms with Crippen LogP contribution in [0.1, 0.15) is 21.8 Å². The number of hydrogen-bond donors (Lipinski definition) is 2. The molecule has 0 saturated heterocycles. The predicted molar refractivity (Wildman–Crippen MR) is 81.8 cm³/mol. The van der Waals surface area contributed by atoms with Gasteiger partial charge >= 0.3 is 5.97 Å². The Balaban J connectivity index is 2.19. The zero-order valence-electron chi connectivity index (χ0n) is 12.1. The van der Waals surface area contributed by atoms with E-state index in [4.69, 9.17) is 5.11 Å². The number of nitrogens with zero attached hydrogens (tertiary/aromatic N) is 1. The number of benzene rings is 1. The van der Waals surface area contributed by atoms with Gasteiger partial charge in [0, 0.05) is 12.0 Å². The Kier molecular flexibility index (Phi) is 5.38. The van der Waals surface area contributed by atoms with Crippen LogP contribution in [0.4, 0.5) is 8.78 Å². The largest absolute Gasteiger partial charge is 0.480 e. The lowest BCUT2D eigenvalue weighted by molar-refractivity contribution is -0.140. The Labute approximate surface area is 135 Å².